The van der Waals surface area contributed by atoms with Gasteiger partial charge in [-0.15, -0.1) is 0 Å². The van der Waals surface area contributed by atoms with Crippen molar-refractivity contribution in [3.63, 3.8) is 0 Å². The predicted octanol–water partition coefficient (Wildman–Crippen LogP) is 3.39. The molecule has 0 fully saturated rings. The molecule has 2 bridgehead atoms. The Hall–Kier alpha value is -1.29. The van der Waals surface area contributed by atoms with Gasteiger partial charge in [0.1, 0.15) is 12.2 Å². The van der Waals surface area contributed by atoms with Crippen molar-refractivity contribution in [3.8, 4) is 0 Å². The molecule has 1 aromatic rings. The maximum atomic E-state index is 12.4. The van der Waals surface area contributed by atoms with Gasteiger partial charge in [0, 0.05) is 0 Å². The molecule has 0 saturated carbocycles. The lowest BCUT2D eigenvalue weighted by atomic mass is 9.95. The Balaban J connectivity index is 2.10. The van der Waals surface area contributed by atoms with Gasteiger partial charge in [-0.3, -0.25) is 0 Å². The lowest BCUT2D eigenvalue weighted by molar-refractivity contribution is -0.137. The molecule has 1 nitrogen and oxygen atoms in total. The van der Waals surface area contributed by atoms with Crippen molar-refractivity contribution in [2.24, 2.45) is 0 Å². The molecule has 0 amide bonds. The Kier molecular flexibility index (Phi) is 1.58. The third-order valence-electron chi connectivity index (χ3n) is 2.78. The van der Waals surface area contributed by atoms with Gasteiger partial charge >= 0.3 is 6.18 Å². The summed E-state index contributed by atoms with van der Waals surface area (Å²) in [6.45, 7) is 0. The van der Waals surface area contributed by atoms with Crippen LogP contribution in [0.15, 0.2) is 30.4 Å². The molecule has 0 spiro atoms. The molecule has 78 valence electrons. The van der Waals surface area contributed by atoms with E-state index in [9.17, 15) is 13.2 Å². The number of alkyl halides is 3. The molecule has 4 heteroatoms. The molecular formula is C11H7F3O. The summed E-state index contributed by atoms with van der Waals surface area (Å²) in [6, 6.07) is 3.80. The molecule has 0 saturated heterocycles. The molecule has 0 N–H and O–H groups in total. The second-order valence-corrected chi connectivity index (χ2v) is 3.70. The van der Waals surface area contributed by atoms with E-state index in [1.807, 2.05) is 6.08 Å². The van der Waals surface area contributed by atoms with Gasteiger partial charge in [0.15, 0.2) is 0 Å². The summed E-state index contributed by atoms with van der Waals surface area (Å²) in [4.78, 5) is 0. The average Bonchev–Trinajstić information content (AvgIpc) is 2.76. The molecule has 2 aliphatic rings. The molecule has 0 aromatic heterocycles. The first-order chi connectivity index (χ1) is 7.05. The van der Waals surface area contributed by atoms with Gasteiger partial charge in [-0.25, -0.2) is 0 Å². The summed E-state index contributed by atoms with van der Waals surface area (Å²) in [5.41, 5.74) is 0.902. The van der Waals surface area contributed by atoms with E-state index in [0.717, 1.165) is 11.6 Å². The number of hydrogen-bond donors (Lipinski definition) is 0. The van der Waals surface area contributed by atoms with E-state index in [1.54, 1.807) is 6.08 Å². The lowest BCUT2D eigenvalue weighted by Crippen LogP contribution is -2.06. The highest BCUT2D eigenvalue weighted by molar-refractivity contribution is 5.45. The minimum atomic E-state index is -4.28. The highest BCUT2D eigenvalue weighted by Gasteiger charge is 2.37. The van der Waals surface area contributed by atoms with Crippen LogP contribution in [0.2, 0.25) is 0 Å². The fourth-order valence-corrected chi connectivity index (χ4v) is 2.06. The predicted molar refractivity (Wildman–Crippen MR) is 47.2 cm³/mol. The normalized spacial score (nSPS) is 27.1. The molecule has 3 rings (SSSR count). The van der Waals surface area contributed by atoms with Crippen LogP contribution in [0.25, 0.3) is 0 Å². The van der Waals surface area contributed by atoms with Crippen molar-refractivity contribution in [1.29, 1.82) is 0 Å². The topological polar surface area (TPSA) is 9.23 Å². The highest BCUT2D eigenvalue weighted by atomic mass is 19.4. The number of hydrogen-bond acceptors (Lipinski definition) is 1. The smallest absolute Gasteiger partial charge is 0.357 e. The van der Waals surface area contributed by atoms with Crippen molar-refractivity contribution in [2.45, 2.75) is 18.4 Å². The lowest BCUT2D eigenvalue weighted by Gasteiger charge is -2.11. The second kappa shape index (κ2) is 2.64. The van der Waals surface area contributed by atoms with Gasteiger partial charge < -0.3 is 4.74 Å². The SMILES string of the molecule is FC(F)(F)c1ccc2c(c1)C1C=CC2O1. The third-order valence-corrected chi connectivity index (χ3v) is 2.78. The maximum absolute atomic E-state index is 12.4. The van der Waals surface area contributed by atoms with Gasteiger partial charge in [-0.05, 0) is 23.3 Å². The summed E-state index contributed by atoms with van der Waals surface area (Å²) in [5, 5.41) is 0. The number of fused-ring (bicyclic) bond motifs is 5. The molecule has 15 heavy (non-hydrogen) atoms. The van der Waals surface area contributed by atoms with Crippen LogP contribution in [0.4, 0.5) is 13.2 Å². The van der Waals surface area contributed by atoms with Gasteiger partial charge in [0.25, 0.3) is 0 Å². The molecule has 2 atom stereocenters. The van der Waals surface area contributed by atoms with Crippen LogP contribution in [-0.4, -0.2) is 0 Å². The van der Waals surface area contributed by atoms with Crippen molar-refractivity contribution in [2.75, 3.05) is 0 Å². The molecule has 1 aromatic carbocycles. The molecule has 0 aliphatic carbocycles. The van der Waals surface area contributed by atoms with E-state index in [-0.39, 0.29) is 12.2 Å². The zero-order valence-corrected chi connectivity index (χ0v) is 7.58. The van der Waals surface area contributed by atoms with Crippen LogP contribution in [0.5, 0.6) is 0 Å². The number of ether oxygens (including phenoxy) is 1. The van der Waals surface area contributed by atoms with Crippen LogP contribution in [0.3, 0.4) is 0 Å². The Morgan fingerprint density at radius 2 is 1.67 bits per heavy atom. The van der Waals surface area contributed by atoms with Crippen LogP contribution in [0.1, 0.15) is 28.9 Å². The van der Waals surface area contributed by atoms with Crippen LogP contribution in [-0.2, 0) is 10.9 Å². The Morgan fingerprint density at radius 1 is 1.00 bits per heavy atom. The van der Waals surface area contributed by atoms with Crippen molar-refractivity contribution in [3.05, 3.63) is 47.0 Å². The number of rotatable bonds is 0. The molecule has 0 radical (unpaired) electrons. The molecule has 2 unspecified atom stereocenters. The zero-order valence-electron chi connectivity index (χ0n) is 7.58. The van der Waals surface area contributed by atoms with Gasteiger partial charge in [-0.2, -0.15) is 13.2 Å². The molecule has 2 heterocycles. The summed E-state index contributed by atoms with van der Waals surface area (Å²) < 4.78 is 42.8. The van der Waals surface area contributed by atoms with Crippen molar-refractivity contribution in [1.82, 2.24) is 0 Å². The highest BCUT2D eigenvalue weighted by Crippen LogP contribution is 2.47. The zero-order chi connectivity index (χ0) is 10.6. The summed E-state index contributed by atoms with van der Waals surface area (Å²) in [7, 11) is 0. The van der Waals surface area contributed by atoms with Gasteiger partial charge in [-0.1, -0.05) is 18.2 Å². The number of halogens is 3. The Bertz CT molecular complexity index is 448. The maximum Gasteiger partial charge on any atom is 0.416 e. The first-order valence-electron chi connectivity index (χ1n) is 4.60. The third kappa shape index (κ3) is 1.21. The monoisotopic (exact) mass is 212 g/mol. The van der Waals surface area contributed by atoms with Crippen molar-refractivity contribution < 1.29 is 17.9 Å². The Labute approximate surface area is 84.2 Å². The standard InChI is InChI=1S/C11H7F3O/c12-11(13,14)6-1-2-7-8(5-6)10-4-3-9(7)15-10/h1-5,9-10H. The first kappa shape index (κ1) is 8.97. The summed E-state index contributed by atoms with van der Waals surface area (Å²) in [5.74, 6) is 0. The van der Waals surface area contributed by atoms with Crippen molar-refractivity contribution >= 4 is 0 Å². The van der Waals surface area contributed by atoms with E-state index in [4.69, 9.17) is 4.74 Å². The summed E-state index contributed by atoms with van der Waals surface area (Å²) in [6.07, 6.45) is -1.03. The van der Waals surface area contributed by atoms with E-state index < -0.39 is 11.7 Å². The quantitative estimate of drug-likeness (QED) is 0.599. The fraction of sp³-hybridized carbons (Fsp3) is 0.273. The first-order valence-corrected chi connectivity index (χ1v) is 4.60. The summed E-state index contributed by atoms with van der Waals surface area (Å²) >= 11 is 0. The second-order valence-electron chi connectivity index (χ2n) is 3.70. The minimum absolute atomic E-state index is 0.146. The molecule has 2 aliphatic heterocycles. The number of benzene rings is 1. The van der Waals surface area contributed by atoms with Crippen LogP contribution < -0.4 is 0 Å². The van der Waals surface area contributed by atoms with Gasteiger partial charge in [0.2, 0.25) is 0 Å². The van der Waals surface area contributed by atoms with E-state index >= 15 is 0 Å². The fourth-order valence-electron chi connectivity index (χ4n) is 2.06. The average molecular weight is 212 g/mol. The minimum Gasteiger partial charge on any atom is -0.357 e. The Morgan fingerprint density at radius 3 is 2.33 bits per heavy atom. The van der Waals surface area contributed by atoms with Crippen LogP contribution >= 0.6 is 0 Å². The van der Waals surface area contributed by atoms with E-state index in [0.29, 0.717) is 5.56 Å². The van der Waals surface area contributed by atoms with E-state index in [1.165, 1.54) is 12.1 Å². The molecular weight excluding hydrogens is 205 g/mol. The van der Waals surface area contributed by atoms with Gasteiger partial charge in [0.05, 0.1) is 5.56 Å². The van der Waals surface area contributed by atoms with E-state index in [2.05, 4.69) is 0 Å². The van der Waals surface area contributed by atoms with Crippen LogP contribution in [0, 0.1) is 0 Å². The largest absolute Gasteiger partial charge is 0.416 e.